The molecule has 5 nitrogen and oxygen atoms in total. The van der Waals surface area contributed by atoms with Gasteiger partial charge in [-0.25, -0.2) is 13.2 Å². The van der Waals surface area contributed by atoms with Crippen LogP contribution in [0.15, 0.2) is 24.3 Å². The Morgan fingerprint density at radius 1 is 1.30 bits per heavy atom. The van der Waals surface area contributed by atoms with Crippen molar-refractivity contribution in [3.05, 3.63) is 29.8 Å². The quantitative estimate of drug-likeness (QED) is 0.840. The molecule has 1 heterocycles. The Morgan fingerprint density at radius 2 is 1.91 bits per heavy atom. The molecule has 1 aromatic rings. The zero-order valence-corrected chi connectivity index (χ0v) is 13.2. The van der Waals surface area contributed by atoms with Gasteiger partial charge in [0, 0.05) is 5.69 Å². The molecule has 1 aliphatic heterocycles. The van der Waals surface area contributed by atoms with Gasteiger partial charge in [0.2, 0.25) is 0 Å². The molecule has 1 amide bonds. The number of carbonyl (C=O) groups is 1. The molecule has 128 valence electrons. The van der Waals surface area contributed by atoms with Gasteiger partial charge < -0.3 is 4.74 Å². The number of halogens is 3. The summed E-state index contributed by atoms with van der Waals surface area (Å²) in [6.07, 6.45) is -5.03. The summed E-state index contributed by atoms with van der Waals surface area (Å²) in [5, 5.41) is 0. The lowest BCUT2D eigenvalue weighted by atomic mass is 10.1. The third-order valence-corrected chi connectivity index (χ3v) is 5.26. The molecule has 1 aliphatic rings. The summed E-state index contributed by atoms with van der Waals surface area (Å²) < 4.78 is 66.0. The molecular formula is C14H16F3NO4S. The fourth-order valence-electron chi connectivity index (χ4n) is 2.45. The van der Waals surface area contributed by atoms with Crippen LogP contribution in [0, 0.1) is 0 Å². The first kappa shape index (κ1) is 17.6. The van der Waals surface area contributed by atoms with Crippen molar-refractivity contribution in [1.82, 2.24) is 0 Å². The Bertz CT molecular complexity index is 670. The van der Waals surface area contributed by atoms with Gasteiger partial charge in [-0.05, 0) is 37.6 Å². The number of amides is 1. The standard InChI is InChI=1S/C14H16F3NO4S/c1-2-22-13(19)18(12-7-8-23(20,21)9-12)11-5-3-10(4-6-11)14(15,16)17/h3-6,12H,2,7-9H2,1H3. The Labute approximate surface area is 132 Å². The molecule has 0 aliphatic carbocycles. The van der Waals surface area contributed by atoms with Crippen LogP contribution in [0.25, 0.3) is 0 Å². The third kappa shape index (κ3) is 4.15. The minimum atomic E-state index is -4.48. The second-order valence-corrected chi connectivity index (χ2v) is 7.40. The largest absolute Gasteiger partial charge is 0.449 e. The van der Waals surface area contributed by atoms with Gasteiger partial charge >= 0.3 is 12.3 Å². The van der Waals surface area contributed by atoms with Crippen molar-refractivity contribution < 1.29 is 31.1 Å². The predicted octanol–water partition coefficient (Wildman–Crippen LogP) is 2.86. The van der Waals surface area contributed by atoms with E-state index in [9.17, 15) is 26.4 Å². The summed E-state index contributed by atoms with van der Waals surface area (Å²) in [4.78, 5) is 13.2. The number of hydrogen-bond acceptors (Lipinski definition) is 4. The van der Waals surface area contributed by atoms with Crippen LogP contribution in [0.5, 0.6) is 0 Å². The number of anilines is 1. The van der Waals surface area contributed by atoms with E-state index in [0.717, 1.165) is 29.2 Å². The summed E-state index contributed by atoms with van der Waals surface area (Å²) in [6.45, 7) is 1.67. The minimum absolute atomic E-state index is 0.0613. The molecule has 0 bridgehead atoms. The Kier molecular flexibility index (Phi) is 4.88. The lowest BCUT2D eigenvalue weighted by Gasteiger charge is -2.27. The molecule has 1 aromatic carbocycles. The Hall–Kier alpha value is -1.77. The van der Waals surface area contributed by atoms with E-state index in [0.29, 0.717) is 0 Å². The molecule has 1 fully saturated rings. The van der Waals surface area contributed by atoms with E-state index in [-0.39, 0.29) is 30.2 Å². The van der Waals surface area contributed by atoms with E-state index in [1.807, 2.05) is 0 Å². The van der Waals surface area contributed by atoms with Crippen molar-refractivity contribution in [2.24, 2.45) is 0 Å². The number of ether oxygens (including phenoxy) is 1. The van der Waals surface area contributed by atoms with Gasteiger partial charge in [-0.1, -0.05) is 0 Å². The number of sulfone groups is 1. The van der Waals surface area contributed by atoms with E-state index < -0.39 is 33.7 Å². The van der Waals surface area contributed by atoms with Gasteiger partial charge in [0.05, 0.1) is 29.7 Å². The van der Waals surface area contributed by atoms with Crippen LogP contribution in [0.4, 0.5) is 23.7 Å². The maximum absolute atomic E-state index is 12.6. The van der Waals surface area contributed by atoms with E-state index in [1.165, 1.54) is 0 Å². The van der Waals surface area contributed by atoms with Crippen molar-refractivity contribution >= 4 is 21.6 Å². The molecule has 1 atom stereocenters. The SMILES string of the molecule is CCOC(=O)N(c1ccc(C(F)(F)F)cc1)C1CCS(=O)(=O)C1. The van der Waals surface area contributed by atoms with Crippen LogP contribution in [0.3, 0.4) is 0 Å². The molecule has 2 rings (SSSR count). The molecule has 23 heavy (non-hydrogen) atoms. The Balaban J connectivity index is 2.32. The van der Waals surface area contributed by atoms with Gasteiger partial charge in [0.25, 0.3) is 0 Å². The molecule has 9 heteroatoms. The van der Waals surface area contributed by atoms with Crippen molar-refractivity contribution in [3.8, 4) is 0 Å². The fraction of sp³-hybridized carbons (Fsp3) is 0.500. The zero-order valence-electron chi connectivity index (χ0n) is 12.3. The fourth-order valence-corrected chi connectivity index (χ4v) is 4.15. The molecule has 0 aromatic heterocycles. The smallest absolute Gasteiger partial charge is 0.416 e. The van der Waals surface area contributed by atoms with Crippen molar-refractivity contribution in [2.75, 3.05) is 23.0 Å². The average Bonchev–Trinajstić information content (AvgIpc) is 2.79. The Morgan fingerprint density at radius 3 is 2.35 bits per heavy atom. The second kappa shape index (κ2) is 6.38. The molecule has 0 saturated carbocycles. The van der Waals surface area contributed by atoms with Crippen LogP contribution in [-0.2, 0) is 20.8 Å². The molecular weight excluding hydrogens is 335 g/mol. The summed E-state index contributed by atoms with van der Waals surface area (Å²) >= 11 is 0. The van der Waals surface area contributed by atoms with Crippen LogP contribution in [-0.4, -0.2) is 38.7 Å². The van der Waals surface area contributed by atoms with E-state index >= 15 is 0 Å². The van der Waals surface area contributed by atoms with E-state index in [2.05, 4.69) is 0 Å². The van der Waals surface area contributed by atoms with Gasteiger partial charge in [-0.15, -0.1) is 0 Å². The van der Waals surface area contributed by atoms with Gasteiger partial charge in [0.15, 0.2) is 9.84 Å². The molecule has 1 unspecified atom stereocenters. The highest BCUT2D eigenvalue weighted by atomic mass is 32.2. The van der Waals surface area contributed by atoms with Crippen molar-refractivity contribution in [1.29, 1.82) is 0 Å². The summed E-state index contributed by atoms with van der Waals surface area (Å²) in [5.41, 5.74) is -0.664. The third-order valence-electron chi connectivity index (χ3n) is 3.51. The topological polar surface area (TPSA) is 63.7 Å². The molecule has 0 spiro atoms. The van der Waals surface area contributed by atoms with Crippen LogP contribution >= 0.6 is 0 Å². The van der Waals surface area contributed by atoms with Crippen LogP contribution in [0.1, 0.15) is 18.9 Å². The van der Waals surface area contributed by atoms with E-state index in [1.54, 1.807) is 6.92 Å². The first-order chi connectivity index (χ1) is 10.6. The first-order valence-corrected chi connectivity index (χ1v) is 8.80. The maximum atomic E-state index is 12.6. The summed E-state index contributed by atoms with van der Waals surface area (Å²) in [7, 11) is -3.26. The van der Waals surface area contributed by atoms with Crippen molar-refractivity contribution in [2.45, 2.75) is 25.6 Å². The minimum Gasteiger partial charge on any atom is -0.449 e. The highest BCUT2D eigenvalue weighted by Crippen LogP contribution is 2.32. The highest BCUT2D eigenvalue weighted by Gasteiger charge is 2.37. The summed E-state index contributed by atoms with van der Waals surface area (Å²) in [5.74, 6) is -0.291. The number of alkyl halides is 3. The number of rotatable bonds is 3. The summed E-state index contributed by atoms with van der Waals surface area (Å²) in [6, 6.07) is 3.35. The van der Waals surface area contributed by atoms with Gasteiger partial charge in [-0.2, -0.15) is 13.2 Å². The number of benzene rings is 1. The highest BCUT2D eigenvalue weighted by molar-refractivity contribution is 7.91. The lowest BCUT2D eigenvalue weighted by Crippen LogP contribution is -2.41. The van der Waals surface area contributed by atoms with Crippen LogP contribution < -0.4 is 4.90 Å². The van der Waals surface area contributed by atoms with Crippen molar-refractivity contribution in [3.63, 3.8) is 0 Å². The molecule has 0 N–H and O–H groups in total. The molecule has 1 saturated heterocycles. The predicted molar refractivity (Wildman–Crippen MR) is 78.0 cm³/mol. The number of nitrogens with zero attached hydrogens (tertiary/aromatic N) is 1. The number of hydrogen-bond donors (Lipinski definition) is 0. The normalized spacial score (nSPS) is 20.3. The monoisotopic (exact) mass is 351 g/mol. The zero-order chi connectivity index (χ0) is 17.3. The lowest BCUT2D eigenvalue weighted by molar-refractivity contribution is -0.137. The van der Waals surface area contributed by atoms with Gasteiger partial charge in [0.1, 0.15) is 0 Å². The van der Waals surface area contributed by atoms with Gasteiger partial charge in [-0.3, -0.25) is 4.90 Å². The maximum Gasteiger partial charge on any atom is 0.416 e. The second-order valence-electron chi connectivity index (χ2n) is 5.17. The first-order valence-electron chi connectivity index (χ1n) is 6.97. The molecule has 0 radical (unpaired) electrons. The van der Waals surface area contributed by atoms with E-state index in [4.69, 9.17) is 4.74 Å². The average molecular weight is 351 g/mol. The number of carbonyl (C=O) groups excluding carboxylic acids is 1. The van der Waals surface area contributed by atoms with Crippen LogP contribution in [0.2, 0.25) is 0 Å².